The predicted octanol–water partition coefficient (Wildman–Crippen LogP) is 3.49. The molecule has 10 nitrogen and oxygen atoms in total. The minimum Gasteiger partial charge on any atom is -0.480 e. The number of carboxylic acid groups (broad SMARTS) is 1. The van der Waals surface area contributed by atoms with Gasteiger partial charge >= 0.3 is 12.1 Å². The summed E-state index contributed by atoms with van der Waals surface area (Å²) in [4.78, 5) is 35.8. The molecule has 3 aromatic heterocycles. The molecule has 4 rings (SSSR count). The highest BCUT2D eigenvalue weighted by atomic mass is 16.5. The molecule has 4 N–H and O–H groups in total. The number of hydrogen-bond donors (Lipinski definition) is 4. The third-order valence-electron chi connectivity index (χ3n) is 5.49. The van der Waals surface area contributed by atoms with E-state index in [-0.39, 0.29) is 12.5 Å². The lowest BCUT2D eigenvalue weighted by Gasteiger charge is -2.17. The lowest BCUT2D eigenvalue weighted by Crippen LogP contribution is -2.44. The molecule has 0 aliphatic rings. The standard InChI is InChI=1S/C23H26N6O4/c1-12(2)17(22(30)31)27-23(32)33-10-13-6-5-7-14(8-13)16-9-15-19-18(25-11-29(19)4)21(24-3)28-20(15)26-16/h5-9,11-12,17H,10H2,1-4H3,(H,27,32)(H,30,31)(H2,24,26,28)/t17-/m0/s1. The average Bonchev–Trinajstić information content (AvgIpc) is 3.38. The van der Waals surface area contributed by atoms with Crippen molar-refractivity contribution in [2.45, 2.75) is 26.5 Å². The van der Waals surface area contributed by atoms with Gasteiger partial charge in [-0.1, -0.05) is 32.0 Å². The van der Waals surface area contributed by atoms with Gasteiger partial charge in [0.1, 0.15) is 23.8 Å². The summed E-state index contributed by atoms with van der Waals surface area (Å²) in [6.07, 6.45) is 0.991. The van der Waals surface area contributed by atoms with Gasteiger partial charge in [-0.15, -0.1) is 0 Å². The van der Waals surface area contributed by atoms with Crippen molar-refractivity contribution in [1.82, 2.24) is 24.8 Å². The van der Waals surface area contributed by atoms with Crippen LogP contribution in [-0.4, -0.2) is 49.8 Å². The Balaban J connectivity index is 1.57. The molecule has 1 amide bonds. The highest BCUT2D eigenvalue weighted by molar-refractivity contribution is 6.07. The second-order valence-corrected chi connectivity index (χ2v) is 8.19. The Hall–Kier alpha value is -4.08. The molecule has 1 aromatic carbocycles. The number of hydrogen-bond acceptors (Lipinski definition) is 6. The Bertz CT molecular complexity index is 1340. The topological polar surface area (TPSA) is 134 Å². The molecule has 1 atom stereocenters. The van der Waals surface area contributed by atoms with Gasteiger partial charge in [0.15, 0.2) is 5.82 Å². The van der Waals surface area contributed by atoms with Gasteiger partial charge in [0.2, 0.25) is 0 Å². The van der Waals surface area contributed by atoms with Crippen LogP contribution >= 0.6 is 0 Å². The molecule has 33 heavy (non-hydrogen) atoms. The van der Waals surface area contributed by atoms with Gasteiger partial charge in [0.25, 0.3) is 0 Å². The number of imidazole rings is 1. The van der Waals surface area contributed by atoms with E-state index in [1.807, 2.05) is 49.0 Å². The number of aromatic amines is 1. The van der Waals surface area contributed by atoms with Gasteiger partial charge in [-0.3, -0.25) is 0 Å². The lowest BCUT2D eigenvalue weighted by atomic mass is 10.1. The summed E-state index contributed by atoms with van der Waals surface area (Å²) < 4.78 is 7.21. The largest absolute Gasteiger partial charge is 0.480 e. The van der Waals surface area contributed by atoms with Crippen LogP contribution in [0.25, 0.3) is 33.3 Å². The van der Waals surface area contributed by atoms with Crippen LogP contribution < -0.4 is 10.6 Å². The van der Waals surface area contributed by atoms with Crippen LogP contribution in [0.5, 0.6) is 0 Å². The van der Waals surface area contributed by atoms with E-state index in [2.05, 4.69) is 25.6 Å². The maximum atomic E-state index is 12.1. The van der Waals surface area contributed by atoms with E-state index >= 15 is 0 Å². The summed E-state index contributed by atoms with van der Waals surface area (Å²) in [5, 5.41) is 15.6. The zero-order valence-corrected chi connectivity index (χ0v) is 18.8. The number of benzene rings is 1. The van der Waals surface area contributed by atoms with Crippen molar-refractivity contribution in [1.29, 1.82) is 0 Å². The molecule has 0 saturated heterocycles. The van der Waals surface area contributed by atoms with E-state index in [1.54, 1.807) is 20.2 Å². The summed E-state index contributed by atoms with van der Waals surface area (Å²) in [5.74, 6) is -0.663. The second kappa shape index (κ2) is 8.81. The predicted molar refractivity (Wildman–Crippen MR) is 125 cm³/mol. The van der Waals surface area contributed by atoms with Crippen LogP contribution in [0, 0.1) is 5.92 Å². The number of pyridine rings is 1. The number of carbonyl (C=O) groups excluding carboxylic acids is 1. The molecule has 0 unspecified atom stereocenters. The van der Waals surface area contributed by atoms with Gasteiger partial charge < -0.3 is 30.0 Å². The molecule has 4 aromatic rings. The van der Waals surface area contributed by atoms with Crippen molar-refractivity contribution >= 4 is 39.9 Å². The van der Waals surface area contributed by atoms with Crippen molar-refractivity contribution < 1.29 is 19.4 Å². The number of ether oxygens (including phenoxy) is 1. The van der Waals surface area contributed by atoms with Gasteiger partial charge in [-0.25, -0.2) is 19.6 Å². The molecular weight excluding hydrogens is 424 g/mol. The van der Waals surface area contributed by atoms with Crippen molar-refractivity contribution in [2.75, 3.05) is 12.4 Å². The van der Waals surface area contributed by atoms with E-state index in [1.165, 1.54) is 0 Å². The Morgan fingerprint density at radius 3 is 2.76 bits per heavy atom. The molecule has 0 bridgehead atoms. The van der Waals surface area contributed by atoms with Gasteiger partial charge in [-0.2, -0.15) is 0 Å². The Labute approximate surface area is 190 Å². The summed E-state index contributed by atoms with van der Waals surface area (Å²) in [6.45, 7) is 3.45. The number of amides is 1. The Morgan fingerprint density at radius 1 is 1.27 bits per heavy atom. The summed E-state index contributed by atoms with van der Waals surface area (Å²) in [6, 6.07) is 8.60. The molecule has 172 valence electrons. The fourth-order valence-corrected chi connectivity index (χ4v) is 3.79. The first-order valence-corrected chi connectivity index (χ1v) is 10.6. The average molecular weight is 450 g/mol. The number of aryl methyl sites for hydroxylation is 1. The first-order chi connectivity index (χ1) is 15.8. The van der Waals surface area contributed by atoms with Crippen molar-refractivity contribution in [2.24, 2.45) is 13.0 Å². The fourth-order valence-electron chi connectivity index (χ4n) is 3.79. The number of nitrogens with zero attached hydrogens (tertiary/aromatic N) is 3. The van der Waals surface area contributed by atoms with Gasteiger partial charge in [-0.05, 0) is 29.2 Å². The quantitative estimate of drug-likeness (QED) is 0.339. The van der Waals surface area contributed by atoms with E-state index in [0.717, 1.165) is 38.9 Å². The van der Waals surface area contributed by atoms with Crippen LogP contribution in [0.15, 0.2) is 36.7 Å². The maximum absolute atomic E-state index is 12.1. The molecule has 3 heterocycles. The van der Waals surface area contributed by atoms with E-state index in [0.29, 0.717) is 5.82 Å². The molecule has 0 aliphatic heterocycles. The first kappa shape index (κ1) is 22.1. The van der Waals surface area contributed by atoms with Crippen LogP contribution in [0.3, 0.4) is 0 Å². The van der Waals surface area contributed by atoms with Crippen molar-refractivity contribution in [3.8, 4) is 11.3 Å². The van der Waals surface area contributed by atoms with Gasteiger partial charge in [0, 0.05) is 25.2 Å². The molecule has 0 spiro atoms. The zero-order chi connectivity index (χ0) is 23.7. The normalized spacial score (nSPS) is 12.3. The smallest absolute Gasteiger partial charge is 0.408 e. The minimum atomic E-state index is -1.10. The number of carboxylic acids is 1. The highest BCUT2D eigenvalue weighted by Gasteiger charge is 2.24. The molecule has 0 saturated carbocycles. The third-order valence-corrected chi connectivity index (χ3v) is 5.49. The number of H-pyrrole nitrogens is 1. The minimum absolute atomic E-state index is 0.0124. The molecular formula is C23H26N6O4. The highest BCUT2D eigenvalue weighted by Crippen LogP contribution is 2.31. The maximum Gasteiger partial charge on any atom is 0.408 e. The number of aromatic nitrogens is 4. The SMILES string of the molecule is CNc1nc2[nH]c(-c3cccc(COC(=O)N[C@H](C(=O)O)C(C)C)c3)cc2c2c1ncn2C. The monoisotopic (exact) mass is 450 g/mol. The number of alkyl carbamates (subject to hydrolysis) is 1. The van der Waals surface area contributed by atoms with Crippen molar-refractivity contribution in [3.05, 3.63) is 42.2 Å². The van der Waals surface area contributed by atoms with Gasteiger partial charge in [0.05, 0.1) is 11.8 Å². The number of aliphatic carboxylic acids is 1. The Morgan fingerprint density at radius 2 is 2.06 bits per heavy atom. The van der Waals surface area contributed by atoms with Crippen LogP contribution in [-0.2, 0) is 23.2 Å². The summed E-state index contributed by atoms with van der Waals surface area (Å²) in [7, 11) is 3.75. The second-order valence-electron chi connectivity index (χ2n) is 8.19. The number of carbonyl (C=O) groups is 2. The van der Waals surface area contributed by atoms with Crippen LogP contribution in [0.2, 0.25) is 0 Å². The van der Waals surface area contributed by atoms with Crippen molar-refractivity contribution in [3.63, 3.8) is 0 Å². The summed E-state index contributed by atoms with van der Waals surface area (Å²) in [5.41, 5.74) is 5.05. The molecule has 0 radical (unpaired) electrons. The van der Waals surface area contributed by atoms with E-state index in [4.69, 9.17) is 4.74 Å². The molecule has 0 aliphatic carbocycles. The van der Waals surface area contributed by atoms with Crippen LogP contribution in [0.4, 0.5) is 10.6 Å². The van der Waals surface area contributed by atoms with E-state index < -0.39 is 18.1 Å². The summed E-state index contributed by atoms with van der Waals surface area (Å²) >= 11 is 0. The lowest BCUT2D eigenvalue weighted by molar-refractivity contribution is -0.140. The zero-order valence-electron chi connectivity index (χ0n) is 18.8. The number of nitrogens with one attached hydrogen (secondary N) is 3. The van der Waals surface area contributed by atoms with Crippen LogP contribution in [0.1, 0.15) is 19.4 Å². The molecule has 0 fully saturated rings. The number of fused-ring (bicyclic) bond motifs is 3. The van der Waals surface area contributed by atoms with E-state index in [9.17, 15) is 14.7 Å². The first-order valence-electron chi connectivity index (χ1n) is 10.6. The molecule has 10 heteroatoms. The third kappa shape index (κ3) is 4.32. The number of anilines is 1. The fraction of sp³-hybridized carbons (Fsp3) is 0.304. The Kier molecular flexibility index (Phi) is 5.91. The number of rotatable bonds is 7.